The number of hydrogen-bond acceptors (Lipinski definition) is 3. The number of nitrogens with zero attached hydrogens (tertiary/aromatic N) is 2. The number of imidazole rings is 1. The molecule has 2 aliphatic rings. The molecule has 0 unspecified atom stereocenters. The predicted molar refractivity (Wildman–Crippen MR) is 48.1 cm³/mol. The maximum Gasteiger partial charge on any atom is 0.168 e. The van der Waals surface area contributed by atoms with Crippen LogP contribution in [-0.2, 0) is 19.6 Å². The molecule has 3 nitrogen and oxygen atoms in total. The predicted octanol–water partition coefficient (Wildman–Crippen LogP) is 0.982. The van der Waals surface area contributed by atoms with E-state index in [2.05, 4.69) is 14.9 Å². The van der Waals surface area contributed by atoms with Gasteiger partial charge in [0.25, 0.3) is 0 Å². The van der Waals surface area contributed by atoms with E-state index in [0.29, 0.717) is 0 Å². The first kappa shape index (κ1) is 6.97. The molecule has 1 N–H and O–H groups in total. The average Bonchev–Trinajstić information content (AvgIpc) is 2.62. The van der Waals surface area contributed by atoms with Crippen LogP contribution in [-0.4, -0.2) is 15.3 Å². The zero-order chi connectivity index (χ0) is 7.97. The normalized spacial score (nSPS) is 20.7. The molecule has 0 radical (unpaired) electrons. The average molecular weight is 181 g/mol. The van der Waals surface area contributed by atoms with Gasteiger partial charge < -0.3 is 9.88 Å². The van der Waals surface area contributed by atoms with E-state index in [1.165, 1.54) is 35.3 Å². The molecule has 64 valence electrons. The zero-order valence-electron chi connectivity index (χ0n) is 6.84. The molecule has 1 aromatic rings. The second kappa shape index (κ2) is 2.50. The van der Waals surface area contributed by atoms with Gasteiger partial charge in [0.2, 0.25) is 0 Å². The molecular weight excluding hydrogens is 170 g/mol. The summed E-state index contributed by atoms with van der Waals surface area (Å²) in [6.45, 7) is 3.16. The lowest BCUT2D eigenvalue weighted by molar-refractivity contribution is 0.567. The molecule has 0 aromatic carbocycles. The maximum atomic E-state index is 4.59. The van der Waals surface area contributed by atoms with Crippen LogP contribution in [0.1, 0.15) is 17.8 Å². The minimum Gasteiger partial charge on any atom is -0.322 e. The van der Waals surface area contributed by atoms with Crippen molar-refractivity contribution in [3.05, 3.63) is 11.4 Å². The summed E-state index contributed by atoms with van der Waals surface area (Å²) < 4.78 is 2.38. The highest BCUT2D eigenvalue weighted by atomic mass is 32.2. The number of thioether (sulfide) groups is 1. The van der Waals surface area contributed by atoms with Crippen molar-refractivity contribution in [3.63, 3.8) is 0 Å². The summed E-state index contributed by atoms with van der Waals surface area (Å²) in [7, 11) is 0. The van der Waals surface area contributed by atoms with Crippen LogP contribution < -0.4 is 5.32 Å². The van der Waals surface area contributed by atoms with E-state index in [1.54, 1.807) is 0 Å². The van der Waals surface area contributed by atoms with E-state index in [0.717, 1.165) is 13.1 Å². The van der Waals surface area contributed by atoms with Gasteiger partial charge in [-0.2, -0.15) is 0 Å². The fourth-order valence-electron chi connectivity index (χ4n) is 1.88. The van der Waals surface area contributed by atoms with Gasteiger partial charge in [-0.15, -0.1) is 0 Å². The minimum absolute atomic E-state index is 0.968. The maximum absolute atomic E-state index is 4.59. The Bertz CT molecular complexity index is 318. The van der Waals surface area contributed by atoms with Gasteiger partial charge in [-0.25, -0.2) is 4.98 Å². The van der Waals surface area contributed by atoms with Crippen LogP contribution in [0.5, 0.6) is 0 Å². The summed E-state index contributed by atoms with van der Waals surface area (Å²) in [5.41, 5.74) is 2.71. The molecule has 1 aromatic heterocycles. The highest BCUT2D eigenvalue weighted by molar-refractivity contribution is 7.99. The van der Waals surface area contributed by atoms with Crippen LogP contribution in [0, 0.1) is 0 Å². The van der Waals surface area contributed by atoms with Crippen LogP contribution in [0.3, 0.4) is 0 Å². The highest BCUT2D eigenvalue weighted by Gasteiger charge is 2.22. The Morgan fingerprint density at radius 2 is 2.42 bits per heavy atom. The largest absolute Gasteiger partial charge is 0.322 e. The number of hydrogen-bond donors (Lipinski definition) is 1. The Labute approximate surface area is 75.6 Å². The molecule has 0 saturated carbocycles. The molecule has 4 heteroatoms. The first-order valence-electron chi connectivity index (χ1n) is 4.37. The number of rotatable bonds is 0. The summed E-state index contributed by atoms with van der Waals surface area (Å²) in [5.74, 6) is 1.24. The first-order valence-corrected chi connectivity index (χ1v) is 5.35. The second-order valence-corrected chi connectivity index (χ2v) is 4.31. The summed E-state index contributed by atoms with van der Waals surface area (Å²) >= 11 is 1.90. The van der Waals surface area contributed by atoms with Crippen LogP contribution >= 0.6 is 11.8 Å². The number of fused-ring (bicyclic) bond motifs is 3. The van der Waals surface area contributed by atoms with Crippen molar-refractivity contribution in [3.8, 4) is 0 Å². The van der Waals surface area contributed by atoms with E-state index in [1.807, 2.05) is 11.8 Å². The van der Waals surface area contributed by atoms with E-state index < -0.39 is 0 Å². The van der Waals surface area contributed by atoms with Crippen molar-refractivity contribution in [2.75, 3.05) is 5.75 Å². The van der Waals surface area contributed by atoms with Gasteiger partial charge in [0, 0.05) is 25.4 Å². The molecule has 2 aliphatic heterocycles. The Balaban J connectivity index is 2.14. The first-order chi connectivity index (χ1) is 5.95. The second-order valence-electron chi connectivity index (χ2n) is 3.24. The monoisotopic (exact) mass is 181 g/mol. The third-order valence-corrected chi connectivity index (χ3v) is 3.53. The van der Waals surface area contributed by atoms with Gasteiger partial charge >= 0.3 is 0 Å². The lowest BCUT2D eigenvalue weighted by atomic mass is 10.3. The lowest BCUT2D eigenvalue weighted by Crippen LogP contribution is -2.12. The van der Waals surface area contributed by atoms with Crippen molar-refractivity contribution >= 4 is 11.8 Å². The highest BCUT2D eigenvalue weighted by Crippen LogP contribution is 2.28. The molecule has 0 aliphatic carbocycles. The van der Waals surface area contributed by atoms with Gasteiger partial charge in [0.05, 0.1) is 11.4 Å². The fraction of sp³-hybridized carbons (Fsp3) is 0.625. The van der Waals surface area contributed by atoms with Gasteiger partial charge in [0.15, 0.2) is 5.16 Å². The summed E-state index contributed by atoms with van der Waals surface area (Å²) in [4.78, 5) is 4.59. The third-order valence-electron chi connectivity index (χ3n) is 2.46. The van der Waals surface area contributed by atoms with Crippen molar-refractivity contribution < 1.29 is 0 Å². The van der Waals surface area contributed by atoms with Crippen LogP contribution in [0.2, 0.25) is 0 Å². The standard InChI is InChI=1S/C8H11N3S/c1-2-11-7-5-9-4-6(7)10-8(11)12-3-1/h9H,1-5H2. The van der Waals surface area contributed by atoms with Crippen LogP contribution in [0.4, 0.5) is 0 Å². The quantitative estimate of drug-likeness (QED) is 0.647. The van der Waals surface area contributed by atoms with E-state index >= 15 is 0 Å². The Morgan fingerprint density at radius 3 is 3.42 bits per heavy atom. The van der Waals surface area contributed by atoms with Gasteiger partial charge in [-0.1, -0.05) is 11.8 Å². The summed E-state index contributed by atoms with van der Waals surface area (Å²) in [5, 5.41) is 4.57. The fourth-order valence-corrected chi connectivity index (χ4v) is 2.86. The topological polar surface area (TPSA) is 29.9 Å². The van der Waals surface area contributed by atoms with Crippen molar-refractivity contribution in [2.45, 2.75) is 31.2 Å². The summed E-state index contributed by atoms with van der Waals surface area (Å²) in [6, 6.07) is 0. The molecule has 0 saturated heterocycles. The molecule has 3 rings (SSSR count). The van der Waals surface area contributed by atoms with Gasteiger partial charge in [0.1, 0.15) is 0 Å². The summed E-state index contributed by atoms with van der Waals surface area (Å²) in [6.07, 6.45) is 1.29. The van der Waals surface area contributed by atoms with Gasteiger partial charge in [-0.05, 0) is 6.42 Å². The van der Waals surface area contributed by atoms with Crippen LogP contribution in [0.15, 0.2) is 5.16 Å². The SMILES string of the molecule is C1CSc2nc3c(n2C1)CNC3. The molecule has 12 heavy (non-hydrogen) atoms. The molecule has 0 amide bonds. The van der Waals surface area contributed by atoms with Crippen molar-refractivity contribution in [2.24, 2.45) is 0 Å². The number of aromatic nitrogens is 2. The molecular formula is C8H11N3S. The molecule has 0 fully saturated rings. The molecule has 0 spiro atoms. The van der Waals surface area contributed by atoms with Crippen molar-refractivity contribution in [1.82, 2.24) is 14.9 Å². The zero-order valence-corrected chi connectivity index (χ0v) is 7.65. The van der Waals surface area contributed by atoms with E-state index in [4.69, 9.17) is 0 Å². The Morgan fingerprint density at radius 1 is 1.42 bits per heavy atom. The Kier molecular flexibility index (Phi) is 1.45. The van der Waals surface area contributed by atoms with Crippen LogP contribution in [0.25, 0.3) is 0 Å². The van der Waals surface area contributed by atoms with Crippen molar-refractivity contribution in [1.29, 1.82) is 0 Å². The molecule has 0 bridgehead atoms. The van der Waals surface area contributed by atoms with Gasteiger partial charge in [-0.3, -0.25) is 0 Å². The molecule has 3 heterocycles. The van der Waals surface area contributed by atoms with E-state index in [-0.39, 0.29) is 0 Å². The third kappa shape index (κ3) is 0.850. The molecule has 0 atom stereocenters. The smallest absolute Gasteiger partial charge is 0.168 e. The Hall–Kier alpha value is -0.480. The lowest BCUT2D eigenvalue weighted by Gasteiger charge is -2.14. The minimum atomic E-state index is 0.968. The number of nitrogens with one attached hydrogen (secondary N) is 1. The van der Waals surface area contributed by atoms with E-state index in [9.17, 15) is 0 Å².